The van der Waals surface area contributed by atoms with E-state index in [0.29, 0.717) is 5.92 Å². The van der Waals surface area contributed by atoms with Gasteiger partial charge in [0.25, 0.3) is 0 Å². The van der Waals surface area contributed by atoms with E-state index >= 15 is 0 Å². The van der Waals surface area contributed by atoms with Gasteiger partial charge in [-0.1, -0.05) is 19.9 Å². The molecule has 2 heteroatoms. The molecular weight excluding hydrogens is 222 g/mol. The van der Waals surface area contributed by atoms with Crippen LogP contribution in [-0.4, -0.2) is 12.1 Å². The highest BCUT2D eigenvalue weighted by Crippen LogP contribution is 2.35. The second kappa shape index (κ2) is 5.38. The zero-order valence-electron chi connectivity index (χ0n) is 11.7. The molecule has 0 aliphatic rings. The molecule has 1 aromatic carbocycles. The number of aromatic nitrogens is 1. The lowest BCUT2D eigenvalue weighted by Crippen LogP contribution is -2.01. The number of pyridine rings is 1. The lowest BCUT2D eigenvalue weighted by Gasteiger charge is -2.17. The molecule has 0 saturated carbocycles. The molecule has 18 heavy (non-hydrogen) atoms. The van der Waals surface area contributed by atoms with Crippen LogP contribution in [0.5, 0.6) is 5.75 Å². The first-order valence-electron chi connectivity index (χ1n) is 6.64. The quantitative estimate of drug-likeness (QED) is 0.791. The summed E-state index contributed by atoms with van der Waals surface area (Å²) in [6, 6.07) is 6.36. The molecule has 0 fully saturated rings. The molecule has 0 spiro atoms. The highest BCUT2D eigenvalue weighted by Gasteiger charge is 2.15. The van der Waals surface area contributed by atoms with Crippen molar-refractivity contribution >= 4 is 10.8 Å². The summed E-state index contributed by atoms with van der Waals surface area (Å²) in [6.07, 6.45) is 4.13. The van der Waals surface area contributed by atoms with Gasteiger partial charge in [0.15, 0.2) is 0 Å². The number of fused-ring (bicyclic) bond motifs is 1. The zero-order chi connectivity index (χ0) is 13.1. The Morgan fingerprint density at radius 2 is 1.94 bits per heavy atom. The minimum atomic E-state index is 0.505. The molecule has 0 atom stereocenters. The largest absolute Gasteiger partial charge is 0.496 e. The number of benzene rings is 1. The monoisotopic (exact) mass is 243 g/mol. The Morgan fingerprint density at radius 1 is 1.22 bits per heavy atom. The average Bonchev–Trinajstić information content (AvgIpc) is 2.39. The average molecular weight is 243 g/mol. The van der Waals surface area contributed by atoms with Crippen molar-refractivity contribution in [3.05, 3.63) is 35.7 Å². The molecule has 0 saturated heterocycles. The molecule has 0 radical (unpaired) electrons. The van der Waals surface area contributed by atoms with Crippen molar-refractivity contribution in [1.29, 1.82) is 0 Å². The van der Waals surface area contributed by atoms with Gasteiger partial charge < -0.3 is 4.74 Å². The van der Waals surface area contributed by atoms with Crippen LogP contribution in [0.2, 0.25) is 0 Å². The van der Waals surface area contributed by atoms with Crippen molar-refractivity contribution in [2.75, 3.05) is 7.11 Å². The summed E-state index contributed by atoms with van der Waals surface area (Å²) in [6.45, 7) is 6.53. The molecule has 2 aromatic rings. The molecule has 0 N–H and O–H groups in total. The van der Waals surface area contributed by atoms with Gasteiger partial charge in [0.05, 0.1) is 12.8 Å². The van der Waals surface area contributed by atoms with Gasteiger partial charge in [-0.3, -0.25) is 4.98 Å². The molecule has 0 aliphatic carbocycles. The molecular formula is C16H21NO. The lowest BCUT2D eigenvalue weighted by atomic mass is 9.93. The van der Waals surface area contributed by atoms with E-state index in [9.17, 15) is 0 Å². The number of methoxy groups -OCH3 is 1. The topological polar surface area (TPSA) is 22.1 Å². The first-order valence-corrected chi connectivity index (χ1v) is 6.64. The van der Waals surface area contributed by atoms with Crippen LogP contribution in [0.3, 0.4) is 0 Å². The van der Waals surface area contributed by atoms with Crippen LogP contribution in [0, 0.1) is 6.92 Å². The fourth-order valence-corrected chi connectivity index (χ4v) is 2.59. The molecule has 2 nitrogen and oxygen atoms in total. The molecule has 2 rings (SSSR count). The third-order valence-corrected chi connectivity index (χ3v) is 3.59. The Hall–Kier alpha value is -1.57. The Balaban J connectivity index is 2.74. The molecule has 96 valence electrons. The summed E-state index contributed by atoms with van der Waals surface area (Å²) in [7, 11) is 1.73. The molecule has 0 amide bonds. The van der Waals surface area contributed by atoms with Crippen molar-refractivity contribution < 1.29 is 4.74 Å². The third kappa shape index (κ3) is 2.20. The second-order valence-corrected chi connectivity index (χ2v) is 4.77. The fourth-order valence-electron chi connectivity index (χ4n) is 2.59. The summed E-state index contributed by atoms with van der Waals surface area (Å²) in [5.41, 5.74) is 2.40. The highest BCUT2D eigenvalue weighted by molar-refractivity contribution is 5.91. The van der Waals surface area contributed by atoms with E-state index in [0.717, 1.165) is 18.6 Å². The maximum atomic E-state index is 5.55. The number of ether oxygens (including phenoxy) is 1. The summed E-state index contributed by atoms with van der Waals surface area (Å²) in [5, 5.41) is 2.41. The maximum absolute atomic E-state index is 5.55. The maximum Gasteiger partial charge on any atom is 0.128 e. The van der Waals surface area contributed by atoms with E-state index in [4.69, 9.17) is 4.74 Å². The molecule has 0 aliphatic heterocycles. The van der Waals surface area contributed by atoms with E-state index in [2.05, 4.69) is 44.0 Å². The van der Waals surface area contributed by atoms with Gasteiger partial charge in [-0.25, -0.2) is 0 Å². The van der Waals surface area contributed by atoms with Gasteiger partial charge in [-0.05, 0) is 42.8 Å². The van der Waals surface area contributed by atoms with Crippen LogP contribution in [0.4, 0.5) is 0 Å². The van der Waals surface area contributed by atoms with Crippen LogP contribution in [0.1, 0.15) is 43.9 Å². The number of nitrogens with zero attached hydrogens (tertiary/aromatic N) is 1. The van der Waals surface area contributed by atoms with Crippen molar-refractivity contribution in [3.63, 3.8) is 0 Å². The van der Waals surface area contributed by atoms with E-state index < -0.39 is 0 Å². The number of hydrogen-bond acceptors (Lipinski definition) is 2. The summed E-state index contributed by atoms with van der Waals surface area (Å²) < 4.78 is 5.55. The van der Waals surface area contributed by atoms with Crippen molar-refractivity contribution in [3.8, 4) is 5.75 Å². The fraction of sp³-hybridized carbons (Fsp3) is 0.438. The SMILES string of the molecule is CCC(CC)c1nccc2cc(C)cc(OC)c12. The van der Waals surface area contributed by atoms with Crippen LogP contribution < -0.4 is 4.74 Å². The Bertz CT molecular complexity index is 544. The second-order valence-electron chi connectivity index (χ2n) is 4.77. The van der Waals surface area contributed by atoms with Gasteiger partial charge in [0.2, 0.25) is 0 Å². The highest BCUT2D eigenvalue weighted by atomic mass is 16.5. The minimum absolute atomic E-state index is 0.505. The molecule has 1 aromatic heterocycles. The van der Waals surface area contributed by atoms with E-state index in [1.54, 1.807) is 7.11 Å². The Labute approximate surface area is 109 Å². The minimum Gasteiger partial charge on any atom is -0.496 e. The van der Waals surface area contributed by atoms with Crippen molar-refractivity contribution in [2.45, 2.75) is 39.5 Å². The molecule has 1 heterocycles. The van der Waals surface area contributed by atoms with Gasteiger partial charge in [-0.2, -0.15) is 0 Å². The van der Waals surface area contributed by atoms with Gasteiger partial charge in [-0.15, -0.1) is 0 Å². The van der Waals surface area contributed by atoms with E-state index in [-0.39, 0.29) is 0 Å². The normalized spacial score (nSPS) is 11.2. The van der Waals surface area contributed by atoms with Crippen LogP contribution in [0.15, 0.2) is 24.4 Å². The molecule has 0 bridgehead atoms. The van der Waals surface area contributed by atoms with Gasteiger partial charge in [0, 0.05) is 17.5 Å². The zero-order valence-corrected chi connectivity index (χ0v) is 11.7. The van der Waals surface area contributed by atoms with Crippen LogP contribution in [-0.2, 0) is 0 Å². The van der Waals surface area contributed by atoms with Crippen LogP contribution >= 0.6 is 0 Å². The number of hydrogen-bond donors (Lipinski definition) is 0. The lowest BCUT2D eigenvalue weighted by molar-refractivity contribution is 0.418. The Morgan fingerprint density at radius 3 is 2.56 bits per heavy atom. The number of aryl methyl sites for hydroxylation is 1. The Kier molecular flexibility index (Phi) is 3.85. The summed E-state index contributed by atoms with van der Waals surface area (Å²) >= 11 is 0. The third-order valence-electron chi connectivity index (χ3n) is 3.59. The summed E-state index contributed by atoms with van der Waals surface area (Å²) in [4.78, 5) is 4.61. The molecule has 0 unspecified atom stereocenters. The van der Waals surface area contributed by atoms with Crippen molar-refractivity contribution in [1.82, 2.24) is 4.98 Å². The van der Waals surface area contributed by atoms with E-state index in [1.807, 2.05) is 6.20 Å². The van der Waals surface area contributed by atoms with Crippen molar-refractivity contribution in [2.24, 2.45) is 0 Å². The standard InChI is InChI=1S/C16H21NO/c1-5-12(6-2)16-15-13(7-8-17-16)9-11(3)10-14(15)18-4/h7-10,12H,5-6H2,1-4H3. The van der Waals surface area contributed by atoms with Crippen LogP contribution in [0.25, 0.3) is 10.8 Å². The van der Waals surface area contributed by atoms with E-state index in [1.165, 1.54) is 22.0 Å². The first kappa shape index (κ1) is 12.9. The summed E-state index contributed by atoms with van der Waals surface area (Å²) in [5.74, 6) is 1.45. The number of rotatable bonds is 4. The van der Waals surface area contributed by atoms with Gasteiger partial charge in [0.1, 0.15) is 5.75 Å². The predicted octanol–water partition coefficient (Wildman–Crippen LogP) is 4.46. The smallest absolute Gasteiger partial charge is 0.128 e. The predicted molar refractivity (Wildman–Crippen MR) is 76.4 cm³/mol. The first-order chi connectivity index (χ1) is 8.71. The van der Waals surface area contributed by atoms with Gasteiger partial charge >= 0.3 is 0 Å².